The molecule has 32 heavy (non-hydrogen) atoms. The minimum absolute atomic E-state index is 0.0492. The molecule has 2 N–H and O–H groups in total. The van der Waals surface area contributed by atoms with Gasteiger partial charge < -0.3 is 9.88 Å². The standard InChI is InChI=1S/C25H36N6O/c1-5-6-9-18(14-19-16-26-21-11-8-7-10-20(19)21)15-22(32)23-27-24(29-28-23)31-13-12-30(4)25(2,3)17-31/h7-8,10-11,16,18,26H,5-6,9,12-15,17H2,1-4H3,(H,27,28,29). The van der Waals surface area contributed by atoms with Crippen molar-refractivity contribution in [3.63, 3.8) is 0 Å². The molecule has 172 valence electrons. The maximum absolute atomic E-state index is 13.1. The number of Topliss-reactive ketones (excluding diaryl/α,β-unsaturated/α-hetero) is 1. The predicted octanol–water partition coefficient (Wildman–Crippen LogP) is 4.44. The number of hydrogen-bond donors (Lipinski definition) is 2. The third kappa shape index (κ3) is 4.88. The number of carbonyl (C=O) groups is 1. The summed E-state index contributed by atoms with van der Waals surface area (Å²) in [5.41, 5.74) is 2.48. The summed E-state index contributed by atoms with van der Waals surface area (Å²) >= 11 is 0. The van der Waals surface area contributed by atoms with Crippen molar-refractivity contribution in [1.29, 1.82) is 0 Å². The minimum atomic E-state index is 0.0492. The number of anilines is 1. The molecule has 7 nitrogen and oxygen atoms in total. The number of hydrogen-bond acceptors (Lipinski definition) is 5. The van der Waals surface area contributed by atoms with E-state index in [2.05, 4.69) is 82.2 Å². The van der Waals surface area contributed by atoms with Crippen LogP contribution in [0.2, 0.25) is 0 Å². The molecule has 4 rings (SSSR count). The van der Waals surface area contributed by atoms with Crippen molar-refractivity contribution in [3.8, 4) is 0 Å². The van der Waals surface area contributed by atoms with E-state index in [1.54, 1.807) is 0 Å². The topological polar surface area (TPSA) is 80.9 Å². The molecule has 3 aromatic rings. The molecule has 0 amide bonds. The van der Waals surface area contributed by atoms with Crippen LogP contribution in [0.4, 0.5) is 5.95 Å². The summed E-state index contributed by atoms with van der Waals surface area (Å²) in [5.74, 6) is 1.37. The first-order chi connectivity index (χ1) is 15.4. The highest BCUT2D eigenvalue weighted by Gasteiger charge is 2.33. The second-order valence-corrected chi connectivity index (χ2v) is 9.84. The summed E-state index contributed by atoms with van der Waals surface area (Å²) < 4.78 is 0. The molecule has 0 aliphatic carbocycles. The Morgan fingerprint density at radius 1 is 1.25 bits per heavy atom. The Morgan fingerprint density at radius 3 is 2.84 bits per heavy atom. The van der Waals surface area contributed by atoms with E-state index in [4.69, 9.17) is 0 Å². The van der Waals surface area contributed by atoms with Gasteiger partial charge in [0.1, 0.15) is 0 Å². The lowest BCUT2D eigenvalue weighted by Gasteiger charge is -2.44. The number of unbranched alkanes of at least 4 members (excludes halogenated alkanes) is 1. The number of piperazine rings is 1. The average Bonchev–Trinajstić information content (AvgIpc) is 3.42. The number of fused-ring (bicyclic) bond motifs is 1. The highest BCUT2D eigenvalue weighted by atomic mass is 16.1. The van der Waals surface area contributed by atoms with Crippen LogP contribution in [0.1, 0.15) is 62.6 Å². The number of nitrogens with one attached hydrogen (secondary N) is 2. The largest absolute Gasteiger partial charge is 0.361 e. The summed E-state index contributed by atoms with van der Waals surface area (Å²) in [6.07, 6.45) is 6.76. The number of benzene rings is 1. The van der Waals surface area contributed by atoms with Gasteiger partial charge >= 0.3 is 0 Å². The van der Waals surface area contributed by atoms with Crippen LogP contribution in [0.15, 0.2) is 30.5 Å². The molecule has 2 aromatic heterocycles. The zero-order chi connectivity index (χ0) is 22.7. The first-order valence-electron chi connectivity index (χ1n) is 11.8. The van der Waals surface area contributed by atoms with Gasteiger partial charge in [-0.2, -0.15) is 4.98 Å². The van der Waals surface area contributed by atoms with Gasteiger partial charge in [0.15, 0.2) is 11.6 Å². The number of nitrogens with zero attached hydrogens (tertiary/aromatic N) is 4. The Hall–Kier alpha value is -2.67. The quantitative estimate of drug-likeness (QED) is 0.485. The van der Waals surface area contributed by atoms with Gasteiger partial charge in [-0.1, -0.05) is 38.0 Å². The highest BCUT2D eigenvalue weighted by Crippen LogP contribution is 2.26. The molecule has 1 aliphatic heterocycles. The monoisotopic (exact) mass is 436 g/mol. The van der Waals surface area contributed by atoms with Gasteiger partial charge in [0, 0.05) is 48.7 Å². The lowest BCUT2D eigenvalue weighted by Crippen LogP contribution is -2.58. The molecule has 0 spiro atoms. The van der Waals surface area contributed by atoms with Gasteiger partial charge in [-0.05, 0) is 51.3 Å². The lowest BCUT2D eigenvalue weighted by molar-refractivity contribution is 0.0948. The number of carbonyl (C=O) groups excluding carboxylic acids is 1. The van der Waals surface area contributed by atoms with Gasteiger partial charge in [-0.15, -0.1) is 5.10 Å². The van der Waals surface area contributed by atoms with Crippen molar-refractivity contribution >= 4 is 22.6 Å². The van der Waals surface area contributed by atoms with Crippen molar-refractivity contribution in [3.05, 3.63) is 41.9 Å². The van der Waals surface area contributed by atoms with E-state index in [9.17, 15) is 4.79 Å². The molecule has 3 heterocycles. The third-order valence-corrected chi connectivity index (χ3v) is 6.96. The summed E-state index contributed by atoms with van der Waals surface area (Å²) in [7, 11) is 2.15. The van der Waals surface area contributed by atoms with E-state index < -0.39 is 0 Å². The fourth-order valence-corrected chi connectivity index (χ4v) is 4.67. The van der Waals surface area contributed by atoms with Crippen LogP contribution in [-0.4, -0.2) is 63.1 Å². The van der Waals surface area contributed by atoms with Crippen LogP contribution < -0.4 is 4.90 Å². The molecule has 1 fully saturated rings. The zero-order valence-electron chi connectivity index (χ0n) is 19.8. The van der Waals surface area contributed by atoms with E-state index in [1.165, 1.54) is 10.9 Å². The van der Waals surface area contributed by atoms with Gasteiger partial charge in [0.05, 0.1) is 0 Å². The molecular weight excluding hydrogens is 400 g/mol. The van der Waals surface area contributed by atoms with Crippen LogP contribution in [0.5, 0.6) is 0 Å². The zero-order valence-corrected chi connectivity index (χ0v) is 19.8. The first kappa shape index (κ1) is 22.5. The Labute approximate surface area is 190 Å². The predicted molar refractivity (Wildman–Crippen MR) is 129 cm³/mol. The smallest absolute Gasteiger partial charge is 0.245 e. The number of aromatic amines is 2. The number of likely N-dealkylation sites (N-methyl/N-ethyl adjacent to an activating group) is 1. The van der Waals surface area contributed by atoms with Crippen LogP contribution >= 0.6 is 0 Å². The highest BCUT2D eigenvalue weighted by molar-refractivity contribution is 5.93. The van der Waals surface area contributed by atoms with Crippen LogP contribution in [0, 0.1) is 5.92 Å². The Bertz CT molecular complexity index is 1050. The fourth-order valence-electron chi connectivity index (χ4n) is 4.67. The van der Waals surface area contributed by atoms with Crippen LogP contribution in [0.25, 0.3) is 10.9 Å². The Morgan fingerprint density at radius 2 is 2.06 bits per heavy atom. The van der Waals surface area contributed by atoms with Crippen molar-refractivity contribution in [2.24, 2.45) is 5.92 Å². The Kier molecular flexibility index (Phi) is 6.65. The van der Waals surface area contributed by atoms with Crippen molar-refractivity contribution in [1.82, 2.24) is 25.1 Å². The second-order valence-electron chi connectivity index (χ2n) is 9.84. The molecule has 0 saturated carbocycles. The van der Waals surface area contributed by atoms with E-state index in [1.807, 2.05) is 6.07 Å². The third-order valence-electron chi connectivity index (χ3n) is 6.96. The molecule has 0 radical (unpaired) electrons. The maximum Gasteiger partial charge on any atom is 0.245 e. The molecule has 1 saturated heterocycles. The number of para-hydroxylation sites is 1. The van der Waals surface area contributed by atoms with Gasteiger partial charge in [0.2, 0.25) is 5.95 Å². The number of rotatable bonds is 9. The number of aromatic nitrogens is 4. The summed E-state index contributed by atoms with van der Waals surface area (Å²) in [4.78, 5) is 25.6. The molecule has 0 bridgehead atoms. The van der Waals surface area contributed by atoms with Gasteiger partial charge in [-0.25, -0.2) is 0 Å². The molecule has 1 aliphatic rings. The van der Waals surface area contributed by atoms with Crippen molar-refractivity contribution in [2.75, 3.05) is 31.6 Å². The lowest BCUT2D eigenvalue weighted by atomic mass is 9.89. The molecule has 1 unspecified atom stereocenters. The van der Waals surface area contributed by atoms with Crippen LogP contribution in [-0.2, 0) is 6.42 Å². The number of H-pyrrole nitrogens is 2. The fraction of sp³-hybridized carbons (Fsp3) is 0.560. The minimum Gasteiger partial charge on any atom is -0.361 e. The molecule has 1 aromatic carbocycles. The Balaban J connectivity index is 1.44. The van der Waals surface area contributed by atoms with E-state index in [0.717, 1.165) is 50.8 Å². The maximum atomic E-state index is 13.1. The average molecular weight is 437 g/mol. The van der Waals surface area contributed by atoms with E-state index in [0.29, 0.717) is 18.2 Å². The molecule has 1 atom stereocenters. The second kappa shape index (κ2) is 9.45. The molecule has 7 heteroatoms. The summed E-state index contributed by atoms with van der Waals surface area (Å²) in [5, 5.41) is 8.55. The molecular formula is C25H36N6O. The normalized spacial score (nSPS) is 17.7. The van der Waals surface area contributed by atoms with E-state index >= 15 is 0 Å². The summed E-state index contributed by atoms with van der Waals surface area (Å²) in [6, 6.07) is 8.37. The van der Waals surface area contributed by atoms with Crippen molar-refractivity contribution in [2.45, 2.75) is 58.4 Å². The van der Waals surface area contributed by atoms with Crippen molar-refractivity contribution < 1.29 is 4.79 Å². The van der Waals surface area contributed by atoms with Gasteiger partial charge in [0.25, 0.3) is 0 Å². The number of ketones is 1. The van der Waals surface area contributed by atoms with Gasteiger partial charge in [-0.3, -0.25) is 14.8 Å². The van der Waals surface area contributed by atoms with E-state index in [-0.39, 0.29) is 17.2 Å². The van der Waals surface area contributed by atoms with Crippen LogP contribution in [0.3, 0.4) is 0 Å². The first-order valence-corrected chi connectivity index (χ1v) is 11.8. The SMILES string of the molecule is CCCCC(CC(=O)c1nc(N2CCN(C)C(C)(C)C2)n[nH]1)Cc1c[nH]c2ccccc12. The summed E-state index contributed by atoms with van der Waals surface area (Å²) in [6.45, 7) is 9.31.